The molecule has 110 valence electrons. The number of benzene rings is 2. The van der Waals surface area contributed by atoms with Crippen molar-refractivity contribution in [1.29, 1.82) is 0 Å². The van der Waals surface area contributed by atoms with Crippen LogP contribution in [0.1, 0.15) is 23.7 Å². The first-order valence-electron chi connectivity index (χ1n) is 6.60. The van der Waals surface area contributed by atoms with Crippen LogP contribution in [0.5, 0.6) is 5.75 Å². The van der Waals surface area contributed by atoms with E-state index in [-0.39, 0.29) is 5.56 Å². The third-order valence-electron chi connectivity index (χ3n) is 2.77. The summed E-state index contributed by atoms with van der Waals surface area (Å²) in [6.07, 6.45) is 0.820. The number of hydrogen-bond donors (Lipinski definition) is 1. The molecule has 21 heavy (non-hydrogen) atoms. The maximum Gasteiger partial charge on any atom is 0.258 e. The molecule has 2 aromatic carbocycles. The van der Waals surface area contributed by atoms with Crippen molar-refractivity contribution in [2.24, 2.45) is 0 Å². The number of nitrogens with one attached hydrogen (secondary N) is 1. The Morgan fingerprint density at radius 3 is 2.71 bits per heavy atom. The number of carbonyl (C=O) groups is 1. The first-order chi connectivity index (χ1) is 10.1. The first-order valence-corrected chi connectivity index (χ1v) is 6.60. The molecule has 0 radical (unpaired) electrons. The van der Waals surface area contributed by atoms with Crippen LogP contribution in [0.2, 0.25) is 0 Å². The second kappa shape index (κ2) is 6.83. The Balaban J connectivity index is 2.21. The van der Waals surface area contributed by atoms with Crippen molar-refractivity contribution in [3.8, 4) is 5.75 Å². The van der Waals surface area contributed by atoms with Gasteiger partial charge in [0, 0.05) is 0 Å². The predicted molar refractivity (Wildman–Crippen MR) is 76.5 cm³/mol. The van der Waals surface area contributed by atoms with Crippen LogP contribution in [0.3, 0.4) is 0 Å². The molecule has 0 aliphatic carbocycles. The Morgan fingerprint density at radius 1 is 1.19 bits per heavy atom. The fourth-order valence-corrected chi connectivity index (χ4v) is 1.77. The highest BCUT2D eigenvalue weighted by atomic mass is 19.1. The van der Waals surface area contributed by atoms with Crippen molar-refractivity contribution < 1.29 is 18.3 Å². The van der Waals surface area contributed by atoms with E-state index in [4.69, 9.17) is 4.74 Å². The molecule has 0 aromatic heterocycles. The summed E-state index contributed by atoms with van der Waals surface area (Å²) in [6, 6.07) is 9.57. The second-order valence-electron chi connectivity index (χ2n) is 4.42. The number of para-hydroxylation sites is 2. The number of carbonyl (C=O) groups excluding carboxylic acids is 1. The van der Waals surface area contributed by atoms with Crippen LogP contribution in [0.15, 0.2) is 42.5 Å². The second-order valence-corrected chi connectivity index (χ2v) is 4.42. The van der Waals surface area contributed by atoms with E-state index in [0.29, 0.717) is 18.0 Å². The van der Waals surface area contributed by atoms with Crippen molar-refractivity contribution in [2.45, 2.75) is 13.3 Å². The summed E-state index contributed by atoms with van der Waals surface area (Å²) in [5.41, 5.74) is 0.0694. The summed E-state index contributed by atoms with van der Waals surface area (Å²) in [7, 11) is 0. The highest BCUT2D eigenvalue weighted by Crippen LogP contribution is 2.25. The van der Waals surface area contributed by atoms with Gasteiger partial charge in [0.25, 0.3) is 5.91 Å². The molecule has 0 saturated heterocycles. The number of amides is 1. The average Bonchev–Trinajstić information content (AvgIpc) is 2.48. The molecule has 0 heterocycles. The number of halogens is 2. The summed E-state index contributed by atoms with van der Waals surface area (Å²) in [5.74, 6) is -1.68. The maximum atomic E-state index is 13.6. The highest BCUT2D eigenvalue weighted by molar-refractivity contribution is 6.05. The average molecular weight is 291 g/mol. The Morgan fingerprint density at radius 2 is 1.95 bits per heavy atom. The summed E-state index contributed by atoms with van der Waals surface area (Å²) < 4.78 is 32.2. The molecular weight excluding hydrogens is 276 g/mol. The van der Waals surface area contributed by atoms with Gasteiger partial charge in [-0.2, -0.15) is 0 Å². The van der Waals surface area contributed by atoms with Crippen molar-refractivity contribution >= 4 is 11.6 Å². The molecule has 2 aromatic rings. The maximum absolute atomic E-state index is 13.6. The van der Waals surface area contributed by atoms with E-state index in [0.717, 1.165) is 24.6 Å². The molecule has 2 rings (SSSR count). The third-order valence-corrected chi connectivity index (χ3v) is 2.77. The van der Waals surface area contributed by atoms with Gasteiger partial charge in [0.15, 0.2) is 0 Å². The molecule has 1 amide bonds. The topological polar surface area (TPSA) is 38.3 Å². The fourth-order valence-electron chi connectivity index (χ4n) is 1.77. The molecule has 5 heteroatoms. The van der Waals surface area contributed by atoms with E-state index in [1.165, 1.54) is 0 Å². The molecular formula is C16H15F2NO2. The van der Waals surface area contributed by atoms with Gasteiger partial charge in [0.1, 0.15) is 17.4 Å². The minimum Gasteiger partial charge on any atom is -0.491 e. The lowest BCUT2D eigenvalue weighted by molar-refractivity contribution is 0.102. The number of anilines is 1. The van der Waals surface area contributed by atoms with Crippen LogP contribution in [0.4, 0.5) is 14.5 Å². The largest absolute Gasteiger partial charge is 0.491 e. The quantitative estimate of drug-likeness (QED) is 0.904. The number of rotatable bonds is 5. The molecule has 0 spiro atoms. The van der Waals surface area contributed by atoms with Gasteiger partial charge in [-0.3, -0.25) is 4.79 Å². The van der Waals surface area contributed by atoms with Crippen LogP contribution in [-0.2, 0) is 0 Å². The zero-order chi connectivity index (χ0) is 15.2. The van der Waals surface area contributed by atoms with Gasteiger partial charge in [-0.15, -0.1) is 0 Å². The Labute approximate surface area is 121 Å². The SMILES string of the molecule is CCCOc1ccccc1NC(=O)c1cc(F)ccc1F. The number of hydrogen-bond acceptors (Lipinski definition) is 2. The molecule has 0 unspecified atom stereocenters. The van der Waals surface area contributed by atoms with Crippen LogP contribution in [-0.4, -0.2) is 12.5 Å². The molecule has 0 saturated carbocycles. The minimum absolute atomic E-state index is 0.347. The van der Waals surface area contributed by atoms with Crippen molar-refractivity contribution in [3.63, 3.8) is 0 Å². The minimum atomic E-state index is -0.777. The van der Waals surface area contributed by atoms with Crippen molar-refractivity contribution in [3.05, 3.63) is 59.7 Å². The van der Waals surface area contributed by atoms with E-state index in [2.05, 4.69) is 5.32 Å². The molecule has 3 nitrogen and oxygen atoms in total. The van der Waals surface area contributed by atoms with Gasteiger partial charge in [-0.25, -0.2) is 8.78 Å². The van der Waals surface area contributed by atoms with Crippen molar-refractivity contribution in [1.82, 2.24) is 0 Å². The van der Waals surface area contributed by atoms with Crippen LogP contribution in [0.25, 0.3) is 0 Å². The normalized spacial score (nSPS) is 10.2. The molecule has 1 N–H and O–H groups in total. The standard InChI is InChI=1S/C16H15F2NO2/c1-2-9-21-15-6-4-3-5-14(15)19-16(20)12-10-11(17)7-8-13(12)18/h3-8,10H,2,9H2,1H3,(H,19,20). The third kappa shape index (κ3) is 3.78. The van der Waals surface area contributed by atoms with Gasteiger partial charge < -0.3 is 10.1 Å². The van der Waals surface area contributed by atoms with Gasteiger partial charge in [-0.1, -0.05) is 19.1 Å². The van der Waals surface area contributed by atoms with E-state index in [1.807, 2.05) is 6.92 Å². The lowest BCUT2D eigenvalue weighted by Crippen LogP contribution is -2.15. The van der Waals surface area contributed by atoms with E-state index in [1.54, 1.807) is 24.3 Å². The zero-order valence-electron chi connectivity index (χ0n) is 11.5. The molecule has 0 atom stereocenters. The monoisotopic (exact) mass is 291 g/mol. The first kappa shape index (κ1) is 15.0. The fraction of sp³-hybridized carbons (Fsp3) is 0.188. The smallest absolute Gasteiger partial charge is 0.258 e. The summed E-state index contributed by atoms with van der Waals surface area (Å²) >= 11 is 0. The zero-order valence-corrected chi connectivity index (χ0v) is 11.5. The Hall–Kier alpha value is -2.43. The lowest BCUT2D eigenvalue weighted by atomic mass is 10.2. The van der Waals surface area contributed by atoms with Crippen molar-refractivity contribution in [2.75, 3.05) is 11.9 Å². The molecule has 0 aliphatic rings. The van der Waals surface area contributed by atoms with Gasteiger partial charge in [0.05, 0.1) is 17.9 Å². The lowest BCUT2D eigenvalue weighted by Gasteiger charge is -2.12. The van der Waals surface area contributed by atoms with E-state index in [9.17, 15) is 13.6 Å². The van der Waals surface area contributed by atoms with E-state index < -0.39 is 17.5 Å². The summed E-state index contributed by atoms with van der Waals surface area (Å²) in [6.45, 7) is 2.46. The van der Waals surface area contributed by atoms with Gasteiger partial charge in [-0.05, 0) is 36.8 Å². The van der Waals surface area contributed by atoms with Crippen LogP contribution >= 0.6 is 0 Å². The Kier molecular flexibility index (Phi) is 4.87. The summed E-state index contributed by atoms with van der Waals surface area (Å²) in [5, 5.41) is 2.53. The summed E-state index contributed by atoms with van der Waals surface area (Å²) in [4.78, 5) is 12.0. The highest BCUT2D eigenvalue weighted by Gasteiger charge is 2.14. The molecule has 0 aliphatic heterocycles. The number of ether oxygens (including phenoxy) is 1. The predicted octanol–water partition coefficient (Wildman–Crippen LogP) is 4.01. The van der Waals surface area contributed by atoms with Gasteiger partial charge in [0.2, 0.25) is 0 Å². The van der Waals surface area contributed by atoms with E-state index >= 15 is 0 Å². The van der Waals surface area contributed by atoms with Crippen LogP contribution < -0.4 is 10.1 Å². The Bertz CT molecular complexity index is 644. The van der Waals surface area contributed by atoms with Crippen LogP contribution in [0, 0.1) is 11.6 Å². The molecule has 0 bridgehead atoms. The van der Waals surface area contributed by atoms with Gasteiger partial charge >= 0.3 is 0 Å². The molecule has 0 fully saturated rings.